The normalized spacial score (nSPS) is 11.1. The molecule has 9 heteroatoms. The van der Waals surface area contributed by atoms with Gasteiger partial charge in [-0.15, -0.1) is 0 Å². The summed E-state index contributed by atoms with van der Waals surface area (Å²) >= 11 is 0. The number of primary amides is 1. The molecule has 3 rings (SSSR count). The summed E-state index contributed by atoms with van der Waals surface area (Å²) in [6.45, 7) is 1.16. The number of nitrogens with two attached hydrogens (primary N) is 1. The molecule has 0 aromatic heterocycles. The van der Waals surface area contributed by atoms with Gasteiger partial charge < -0.3 is 20.6 Å². The molecule has 0 aliphatic carbocycles. The Morgan fingerprint density at radius 3 is 2.03 bits per heavy atom. The lowest BCUT2D eigenvalue weighted by atomic mass is 10.1. The number of nitrogens with one attached hydrogen (secondary N) is 1. The van der Waals surface area contributed by atoms with Crippen LogP contribution >= 0.6 is 0 Å². The van der Waals surface area contributed by atoms with Crippen LogP contribution in [0.2, 0.25) is 0 Å². The van der Waals surface area contributed by atoms with Crippen molar-refractivity contribution in [1.29, 1.82) is 0 Å². The third kappa shape index (κ3) is 7.98. The Balaban J connectivity index is 1.77. The highest BCUT2D eigenvalue weighted by atomic mass is 16.7. The fourth-order valence-corrected chi connectivity index (χ4v) is 3.27. The van der Waals surface area contributed by atoms with Gasteiger partial charge in [0.15, 0.2) is 0 Å². The van der Waals surface area contributed by atoms with Gasteiger partial charge in [-0.2, -0.15) is 5.06 Å². The number of benzene rings is 3. The van der Waals surface area contributed by atoms with Crippen molar-refractivity contribution >= 4 is 23.9 Å². The van der Waals surface area contributed by atoms with Crippen LogP contribution in [-0.4, -0.2) is 41.5 Å². The first kappa shape index (κ1) is 26.0. The molecule has 186 valence electrons. The van der Waals surface area contributed by atoms with Gasteiger partial charge in [0.1, 0.15) is 19.2 Å². The highest BCUT2D eigenvalue weighted by Gasteiger charge is 2.31. The molecular weight excluding hydrogens is 462 g/mol. The van der Waals surface area contributed by atoms with Crippen molar-refractivity contribution in [3.8, 4) is 0 Å². The van der Waals surface area contributed by atoms with E-state index in [4.69, 9.17) is 15.3 Å². The molecule has 3 N–H and O–H groups in total. The van der Waals surface area contributed by atoms with Gasteiger partial charge in [0.2, 0.25) is 5.91 Å². The van der Waals surface area contributed by atoms with Crippen LogP contribution in [0.15, 0.2) is 84.9 Å². The Morgan fingerprint density at radius 1 is 0.861 bits per heavy atom. The van der Waals surface area contributed by atoms with Gasteiger partial charge >= 0.3 is 12.1 Å². The second-order valence-corrected chi connectivity index (χ2v) is 8.03. The van der Waals surface area contributed by atoms with Crippen molar-refractivity contribution in [3.05, 3.63) is 107 Å². The van der Waals surface area contributed by atoms with Crippen LogP contribution in [0, 0.1) is 6.92 Å². The highest BCUT2D eigenvalue weighted by molar-refractivity contribution is 5.93. The number of alkyl carbamates (subject to hydrolysis) is 1. The van der Waals surface area contributed by atoms with Gasteiger partial charge in [0.25, 0.3) is 5.91 Å². The maximum atomic E-state index is 13.4. The Kier molecular flexibility index (Phi) is 9.16. The lowest BCUT2D eigenvalue weighted by molar-refractivity contribution is -0.171. The van der Waals surface area contributed by atoms with Gasteiger partial charge in [-0.05, 0) is 30.2 Å². The lowest BCUT2D eigenvalue weighted by Crippen LogP contribution is -2.52. The second kappa shape index (κ2) is 12.7. The standard InChI is InChI=1S/C27H27N3O6/c1-19-12-14-22(15-13-19)26(33)36-30(17-24(28)31)25(32)23(16-20-8-4-2-5-9-20)29-27(34)35-18-21-10-6-3-7-11-21/h2-15,23H,16-18H2,1H3,(H2,28,31)(H,29,34)/t23-/m0/s1. The SMILES string of the molecule is Cc1ccc(C(=O)ON(CC(N)=O)C(=O)[C@H](Cc2ccccc2)NC(=O)OCc2ccccc2)cc1. The summed E-state index contributed by atoms with van der Waals surface area (Å²) in [5.41, 5.74) is 7.89. The number of aryl methyl sites for hydroxylation is 1. The smallest absolute Gasteiger partial charge is 0.408 e. The third-order valence-corrected chi connectivity index (χ3v) is 5.11. The van der Waals surface area contributed by atoms with Crippen LogP contribution in [0.4, 0.5) is 4.79 Å². The molecule has 3 amide bonds. The molecule has 0 aliphatic heterocycles. The number of hydrogen-bond donors (Lipinski definition) is 2. The van der Waals surface area contributed by atoms with Crippen molar-refractivity contribution in [2.24, 2.45) is 5.73 Å². The average molecular weight is 490 g/mol. The summed E-state index contributed by atoms with van der Waals surface area (Å²) in [5.74, 6) is -2.59. The van der Waals surface area contributed by atoms with Crippen molar-refractivity contribution in [2.45, 2.75) is 26.0 Å². The number of carbonyl (C=O) groups is 4. The molecule has 0 radical (unpaired) electrons. The average Bonchev–Trinajstić information content (AvgIpc) is 2.87. The van der Waals surface area contributed by atoms with E-state index in [2.05, 4.69) is 5.32 Å². The van der Waals surface area contributed by atoms with E-state index >= 15 is 0 Å². The van der Waals surface area contributed by atoms with Crippen LogP contribution in [0.5, 0.6) is 0 Å². The molecule has 0 saturated carbocycles. The first-order valence-electron chi connectivity index (χ1n) is 11.2. The maximum absolute atomic E-state index is 13.4. The first-order valence-corrected chi connectivity index (χ1v) is 11.2. The Hall–Kier alpha value is -4.66. The molecule has 0 bridgehead atoms. The molecule has 3 aromatic rings. The molecule has 0 fully saturated rings. The highest BCUT2D eigenvalue weighted by Crippen LogP contribution is 2.11. The molecule has 0 unspecified atom stereocenters. The number of hydrogen-bond acceptors (Lipinski definition) is 6. The summed E-state index contributed by atoms with van der Waals surface area (Å²) in [5, 5.41) is 3.08. The third-order valence-electron chi connectivity index (χ3n) is 5.11. The number of rotatable bonds is 9. The predicted octanol–water partition coefficient (Wildman–Crippen LogP) is 2.92. The molecule has 0 heterocycles. The zero-order chi connectivity index (χ0) is 25.9. The molecule has 3 aromatic carbocycles. The Labute approximate surface area is 208 Å². The Bertz CT molecular complexity index is 1180. The van der Waals surface area contributed by atoms with E-state index in [1.54, 1.807) is 48.5 Å². The topological polar surface area (TPSA) is 128 Å². The zero-order valence-electron chi connectivity index (χ0n) is 19.8. The summed E-state index contributed by atoms with van der Waals surface area (Å²) in [7, 11) is 0. The van der Waals surface area contributed by atoms with E-state index in [-0.39, 0.29) is 18.6 Å². The van der Waals surface area contributed by atoms with Crippen LogP contribution in [-0.2, 0) is 32.2 Å². The van der Waals surface area contributed by atoms with E-state index in [0.29, 0.717) is 5.06 Å². The maximum Gasteiger partial charge on any atom is 0.408 e. The van der Waals surface area contributed by atoms with Crippen molar-refractivity contribution in [3.63, 3.8) is 0 Å². The molecule has 0 spiro atoms. The van der Waals surface area contributed by atoms with Gasteiger partial charge in [0.05, 0.1) is 5.56 Å². The largest absolute Gasteiger partial charge is 0.445 e. The molecule has 0 aliphatic rings. The minimum Gasteiger partial charge on any atom is -0.445 e. The van der Waals surface area contributed by atoms with E-state index in [1.165, 1.54) is 12.1 Å². The van der Waals surface area contributed by atoms with E-state index in [9.17, 15) is 19.2 Å². The fourth-order valence-electron chi connectivity index (χ4n) is 3.27. The minimum absolute atomic E-state index is 0.00761. The van der Waals surface area contributed by atoms with Gasteiger partial charge in [-0.1, -0.05) is 78.4 Å². The second-order valence-electron chi connectivity index (χ2n) is 8.03. The monoisotopic (exact) mass is 489 g/mol. The fraction of sp³-hybridized carbons (Fsp3) is 0.185. The zero-order valence-corrected chi connectivity index (χ0v) is 19.8. The van der Waals surface area contributed by atoms with Crippen LogP contribution in [0.25, 0.3) is 0 Å². The van der Waals surface area contributed by atoms with E-state index < -0.39 is 36.5 Å². The first-order chi connectivity index (χ1) is 17.3. The molecular formula is C27H27N3O6. The van der Waals surface area contributed by atoms with Crippen molar-refractivity contribution < 1.29 is 28.8 Å². The Morgan fingerprint density at radius 2 is 1.44 bits per heavy atom. The number of hydroxylamine groups is 2. The number of amides is 3. The predicted molar refractivity (Wildman–Crippen MR) is 131 cm³/mol. The summed E-state index contributed by atoms with van der Waals surface area (Å²) in [6, 6.07) is 23.2. The summed E-state index contributed by atoms with van der Waals surface area (Å²) in [4.78, 5) is 55.5. The van der Waals surface area contributed by atoms with Crippen LogP contribution in [0.3, 0.4) is 0 Å². The van der Waals surface area contributed by atoms with Crippen LogP contribution in [0.1, 0.15) is 27.0 Å². The molecule has 0 saturated heterocycles. The molecule has 36 heavy (non-hydrogen) atoms. The number of ether oxygens (including phenoxy) is 1. The molecule has 9 nitrogen and oxygen atoms in total. The summed E-state index contributed by atoms with van der Waals surface area (Å²) in [6.07, 6.45) is -0.797. The van der Waals surface area contributed by atoms with E-state index in [0.717, 1.165) is 16.7 Å². The van der Waals surface area contributed by atoms with Gasteiger partial charge in [-0.3, -0.25) is 9.59 Å². The van der Waals surface area contributed by atoms with Crippen LogP contribution < -0.4 is 11.1 Å². The lowest BCUT2D eigenvalue weighted by Gasteiger charge is -2.25. The molecule has 1 atom stereocenters. The number of nitrogens with zero attached hydrogens (tertiary/aromatic N) is 1. The van der Waals surface area contributed by atoms with Gasteiger partial charge in [-0.25, -0.2) is 9.59 Å². The minimum atomic E-state index is -1.21. The summed E-state index contributed by atoms with van der Waals surface area (Å²) < 4.78 is 5.25. The van der Waals surface area contributed by atoms with Crippen molar-refractivity contribution in [2.75, 3.05) is 6.54 Å². The van der Waals surface area contributed by atoms with Crippen molar-refractivity contribution in [1.82, 2.24) is 10.4 Å². The number of carbonyl (C=O) groups excluding carboxylic acids is 4. The van der Waals surface area contributed by atoms with E-state index in [1.807, 2.05) is 31.2 Å². The quantitative estimate of drug-likeness (QED) is 0.445. The van der Waals surface area contributed by atoms with Gasteiger partial charge in [0, 0.05) is 6.42 Å².